The Hall–Kier alpha value is -3.10. The number of rotatable bonds is 6. The van der Waals surface area contributed by atoms with Crippen molar-refractivity contribution in [3.05, 3.63) is 35.4 Å². The quantitative estimate of drug-likeness (QED) is 0.292. The summed E-state index contributed by atoms with van der Waals surface area (Å²) in [6.07, 6.45) is -7.07. The molecule has 0 spiro atoms. The zero-order chi connectivity index (χ0) is 24.7. The van der Waals surface area contributed by atoms with Crippen molar-refractivity contribution in [1.29, 1.82) is 0 Å². The number of hydrogen-bond donors (Lipinski definition) is 4. The number of carbonyl (C=O) groups is 3. The molecular formula is C21H26F3N3O5. The van der Waals surface area contributed by atoms with E-state index in [1.54, 1.807) is 20.8 Å². The third-order valence-electron chi connectivity index (χ3n) is 4.27. The first-order chi connectivity index (χ1) is 14.7. The number of hydrogen-bond acceptors (Lipinski definition) is 5. The van der Waals surface area contributed by atoms with Crippen LogP contribution in [0.15, 0.2) is 24.3 Å². The van der Waals surface area contributed by atoms with Crippen molar-refractivity contribution in [2.24, 2.45) is 5.41 Å². The van der Waals surface area contributed by atoms with Gasteiger partial charge in [0.05, 0.1) is 12.0 Å². The van der Waals surface area contributed by atoms with Crippen molar-refractivity contribution in [3.63, 3.8) is 0 Å². The molecule has 4 N–H and O–H groups in total. The highest BCUT2D eigenvalue weighted by molar-refractivity contribution is 5.91. The lowest BCUT2D eigenvalue weighted by Crippen LogP contribution is -2.53. The van der Waals surface area contributed by atoms with E-state index in [2.05, 4.69) is 22.5 Å². The predicted molar refractivity (Wildman–Crippen MR) is 108 cm³/mol. The number of nitrogens with zero attached hydrogens (tertiary/aromatic N) is 1. The van der Waals surface area contributed by atoms with Crippen LogP contribution in [0.3, 0.4) is 0 Å². The Bertz CT molecular complexity index is 883. The fourth-order valence-electron chi connectivity index (χ4n) is 2.51. The second kappa shape index (κ2) is 11.0. The standard InChI is InChI=1S/C21H26F3N3O5/c1-20(2,3)17(18(30)25-4)26-16(29)12-15(28)19(31)27(32)11-5-6-13-7-9-14(10-8-13)21(22,23)24/h7-10,15,17,28,32H,11-12H2,1-4H3,(H,25,30)(H,26,29)/t15-,17+/m0/s1. The first kappa shape index (κ1) is 26.9. The fraction of sp³-hybridized carbons (Fsp3) is 0.476. The fourth-order valence-corrected chi connectivity index (χ4v) is 2.51. The Morgan fingerprint density at radius 2 is 1.69 bits per heavy atom. The molecule has 2 atom stereocenters. The molecule has 1 aromatic carbocycles. The van der Waals surface area contributed by atoms with Crippen molar-refractivity contribution in [2.45, 2.75) is 45.5 Å². The van der Waals surface area contributed by atoms with Crippen LogP contribution in [0.1, 0.15) is 38.3 Å². The van der Waals surface area contributed by atoms with Crippen LogP contribution in [0.4, 0.5) is 13.2 Å². The summed E-state index contributed by atoms with van der Waals surface area (Å²) in [4.78, 5) is 36.1. The van der Waals surface area contributed by atoms with Gasteiger partial charge in [-0.3, -0.25) is 19.6 Å². The van der Waals surface area contributed by atoms with E-state index in [-0.39, 0.29) is 10.6 Å². The minimum absolute atomic E-state index is 0.0923. The summed E-state index contributed by atoms with van der Waals surface area (Å²) in [7, 11) is 1.40. The lowest BCUT2D eigenvalue weighted by Gasteiger charge is -2.30. The number of carbonyl (C=O) groups excluding carboxylic acids is 3. The highest BCUT2D eigenvalue weighted by Gasteiger charge is 2.33. The average Bonchev–Trinajstić information content (AvgIpc) is 2.69. The molecule has 0 fully saturated rings. The Kier molecular flexibility index (Phi) is 9.23. The number of aliphatic hydroxyl groups excluding tert-OH is 1. The summed E-state index contributed by atoms with van der Waals surface area (Å²) in [5.41, 5.74) is -1.25. The smallest absolute Gasteiger partial charge is 0.383 e. The number of likely N-dealkylation sites (N-methyl/N-ethyl adjacent to an activating group) is 1. The van der Waals surface area contributed by atoms with Gasteiger partial charge in [-0.15, -0.1) is 0 Å². The molecule has 0 aromatic heterocycles. The second-order valence-electron chi connectivity index (χ2n) is 7.97. The monoisotopic (exact) mass is 457 g/mol. The lowest BCUT2D eigenvalue weighted by atomic mass is 9.86. The van der Waals surface area contributed by atoms with E-state index >= 15 is 0 Å². The van der Waals surface area contributed by atoms with Gasteiger partial charge in [0.15, 0.2) is 0 Å². The summed E-state index contributed by atoms with van der Waals surface area (Å²) in [5.74, 6) is 2.43. The van der Waals surface area contributed by atoms with Gasteiger partial charge in [0.2, 0.25) is 11.8 Å². The number of amides is 3. The van der Waals surface area contributed by atoms with E-state index < -0.39 is 60.0 Å². The van der Waals surface area contributed by atoms with E-state index in [1.807, 2.05) is 0 Å². The minimum Gasteiger partial charge on any atom is -0.383 e. The molecule has 0 saturated heterocycles. The SMILES string of the molecule is CNC(=O)[C@@H](NC(=O)C[C@H](O)C(=O)N(O)CC#Cc1ccc(C(F)(F)F)cc1)C(C)(C)C. The van der Waals surface area contributed by atoms with Gasteiger partial charge < -0.3 is 15.7 Å². The highest BCUT2D eigenvalue weighted by Crippen LogP contribution is 2.28. The summed E-state index contributed by atoms with van der Waals surface area (Å²) in [6.45, 7) is 4.61. The van der Waals surface area contributed by atoms with Crippen LogP contribution in [-0.4, -0.2) is 58.8 Å². The van der Waals surface area contributed by atoms with E-state index in [4.69, 9.17) is 0 Å². The van der Waals surface area contributed by atoms with Crippen LogP contribution in [0.2, 0.25) is 0 Å². The number of alkyl halides is 3. The Balaban J connectivity index is 2.66. The van der Waals surface area contributed by atoms with Gasteiger partial charge >= 0.3 is 6.18 Å². The molecule has 1 aromatic rings. The normalized spacial score (nSPS) is 13.3. The highest BCUT2D eigenvalue weighted by atomic mass is 19.4. The molecule has 1 rings (SSSR count). The van der Waals surface area contributed by atoms with Gasteiger partial charge in [-0.25, -0.2) is 5.06 Å². The van der Waals surface area contributed by atoms with Gasteiger partial charge in [-0.1, -0.05) is 32.6 Å². The van der Waals surface area contributed by atoms with Crippen LogP contribution in [0.5, 0.6) is 0 Å². The summed E-state index contributed by atoms with van der Waals surface area (Å²) >= 11 is 0. The Labute approximate surface area is 183 Å². The molecule has 3 amide bonds. The zero-order valence-electron chi connectivity index (χ0n) is 18.1. The van der Waals surface area contributed by atoms with E-state index in [1.165, 1.54) is 7.05 Å². The molecule has 176 valence electrons. The topological polar surface area (TPSA) is 119 Å². The number of nitrogens with one attached hydrogen (secondary N) is 2. The number of hydroxylamine groups is 2. The van der Waals surface area contributed by atoms with Gasteiger partial charge in [0.25, 0.3) is 5.91 Å². The van der Waals surface area contributed by atoms with Crippen molar-refractivity contribution < 1.29 is 37.9 Å². The molecule has 8 nitrogen and oxygen atoms in total. The molecule has 32 heavy (non-hydrogen) atoms. The van der Waals surface area contributed by atoms with Crippen molar-refractivity contribution >= 4 is 17.7 Å². The maximum absolute atomic E-state index is 12.5. The number of aliphatic hydroxyl groups is 1. The maximum Gasteiger partial charge on any atom is 0.416 e. The van der Waals surface area contributed by atoms with E-state index in [0.29, 0.717) is 0 Å². The third kappa shape index (κ3) is 8.20. The van der Waals surface area contributed by atoms with Crippen LogP contribution >= 0.6 is 0 Å². The van der Waals surface area contributed by atoms with Crippen LogP contribution < -0.4 is 10.6 Å². The second-order valence-corrected chi connectivity index (χ2v) is 7.97. The number of halogens is 3. The van der Waals surface area contributed by atoms with Gasteiger partial charge in [-0.2, -0.15) is 13.2 Å². The molecule has 0 unspecified atom stereocenters. The van der Waals surface area contributed by atoms with E-state index in [9.17, 15) is 37.9 Å². The molecule has 0 radical (unpaired) electrons. The van der Waals surface area contributed by atoms with Crippen molar-refractivity contribution in [2.75, 3.05) is 13.6 Å². The number of benzene rings is 1. The molecule has 0 aliphatic rings. The van der Waals surface area contributed by atoms with Crippen molar-refractivity contribution in [1.82, 2.24) is 15.7 Å². The van der Waals surface area contributed by atoms with Crippen LogP contribution in [-0.2, 0) is 20.6 Å². The molecule has 0 heterocycles. The first-order valence-corrected chi connectivity index (χ1v) is 9.52. The van der Waals surface area contributed by atoms with Gasteiger partial charge in [0, 0.05) is 12.6 Å². The Morgan fingerprint density at radius 3 is 2.16 bits per heavy atom. The molecule has 0 saturated carbocycles. The predicted octanol–water partition coefficient (Wildman–Crippen LogP) is 1.30. The third-order valence-corrected chi connectivity index (χ3v) is 4.27. The zero-order valence-corrected chi connectivity index (χ0v) is 18.1. The van der Waals surface area contributed by atoms with Gasteiger partial charge in [0.1, 0.15) is 18.7 Å². The molecule has 0 aliphatic carbocycles. The molecule has 0 aliphatic heterocycles. The molecular weight excluding hydrogens is 431 g/mol. The first-order valence-electron chi connectivity index (χ1n) is 9.52. The largest absolute Gasteiger partial charge is 0.416 e. The average molecular weight is 457 g/mol. The molecule has 11 heteroatoms. The lowest BCUT2D eigenvalue weighted by molar-refractivity contribution is -0.173. The molecule has 0 bridgehead atoms. The van der Waals surface area contributed by atoms with E-state index in [0.717, 1.165) is 24.3 Å². The maximum atomic E-state index is 12.5. The van der Waals surface area contributed by atoms with Crippen LogP contribution in [0, 0.1) is 17.3 Å². The minimum atomic E-state index is -4.48. The van der Waals surface area contributed by atoms with Gasteiger partial charge in [-0.05, 0) is 29.7 Å². The summed E-state index contributed by atoms with van der Waals surface area (Å²) < 4.78 is 37.6. The summed E-state index contributed by atoms with van der Waals surface area (Å²) in [6, 6.07) is 3.05. The summed E-state index contributed by atoms with van der Waals surface area (Å²) in [5, 5.41) is 24.6. The van der Waals surface area contributed by atoms with Crippen molar-refractivity contribution in [3.8, 4) is 11.8 Å². The van der Waals surface area contributed by atoms with Crippen LogP contribution in [0.25, 0.3) is 0 Å². The Morgan fingerprint density at radius 1 is 1.12 bits per heavy atom.